The number of aromatic amines is 1. The fourth-order valence-electron chi connectivity index (χ4n) is 4.63. The van der Waals surface area contributed by atoms with E-state index in [2.05, 4.69) is 63.6 Å². The number of carbonyl (C=O) groups is 1. The lowest BCUT2D eigenvalue weighted by Gasteiger charge is -2.23. The topological polar surface area (TPSA) is 84.5 Å². The van der Waals surface area contributed by atoms with E-state index in [1.165, 1.54) is 5.57 Å². The number of benzene rings is 2. The van der Waals surface area contributed by atoms with Gasteiger partial charge in [-0.3, -0.25) is 4.79 Å². The molecule has 0 radical (unpaired) electrons. The van der Waals surface area contributed by atoms with Crippen LogP contribution in [0, 0.1) is 0 Å². The largest absolute Gasteiger partial charge is 0.430 e. The maximum absolute atomic E-state index is 12.3. The molecule has 4 rings (SSSR count). The summed E-state index contributed by atoms with van der Waals surface area (Å²) in [5.74, 6) is 0.420. The smallest absolute Gasteiger partial charge is 0.377 e. The second-order valence-electron chi connectivity index (χ2n) is 10.5. The molecule has 2 heterocycles. The number of hydrogen-bond donors (Lipinski definition) is 4. The Labute approximate surface area is 302 Å². The third kappa shape index (κ3) is 15.3. The van der Waals surface area contributed by atoms with E-state index in [4.69, 9.17) is 0 Å². The van der Waals surface area contributed by atoms with Crippen LogP contribution in [0.25, 0.3) is 5.57 Å². The molecule has 0 saturated carbocycles. The summed E-state index contributed by atoms with van der Waals surface area (Å²) in [6.07, 6.45) is 10.2. The van der Waals surface area contributed by atoms with Gasteiger partial charge in [-0.2, -0.15) is 13.2 Å². The van der Waals surface area contributed by atoms with Gasteiger partial charge in [0.05, 0.1) is 6.42 Å². The lowest BCUT2D eigenvalue weighted by molar-refractivity contribution is -0.115. The van der Waals surface area contributed by atoms with E-state index >= 15 is 0 Å². The molecule has 0 unspecified atom stereocenters. The number of aliphatic imine (C=N–C) groups is 1. The number of halogens is 3. The fraction of sp³-hybridized carbons (Fsp3) is 0.268. The number of hydrogen-bond acceptors (Lipinski definition) is 5. The maximum atomic E-state index is 12.3. The molecule has 1 aliphatic rings. The lowest BCUT2D eigenvalue weighted by Crippen LogP contribution is -2.24. The van der Waals surface area contributed by atoms with Gasteiger partial charge in [0.15, 0.2) is 0 Å². The summed E-state index contributed by atoms with van der Waals surface area (Å²) >= 11 is 0. The molecule has 0 saturated heterocycles. The van der Waals surface area contributed by atoms with Crippen molar-refractivity contribution in [1.29, 1.82) is 0 Å². The fourth-order valence-corrected chi connectivity index (χ4v) is 4.63. The molecule has 0 spiro atoms. The van der Waals surface area contributed by atoms with Gasteiger partial charge in [0, 0.05) is 55.5 Å². The Balaban J connectivity index is 0.000000483. The summed E-state index contributed by atoms with van der Waals surface area (Å²) in [5, 5.41) is 8.16. The molecule has 0 atom stereocenters. The molecule has 0 bridgehead atoms. The van der Waals surface area contributed by atoms with Crippen LogP contribution in [0.4, 0.5) is 24.5 Å². The molecule has 4 N–H and O–H groups in total. The van der Waals surface area contributed by atoms with Gasteiger partial charge in [0.2, 0.25) is 5.91 Å². The third-order valence-corrected chi connectivity index (χ3v) is 6.95. The molecular formula is C41H53F3N6O. The van der Waals surface area contributed by atoms with Crippen molar-refractivity contribution >= 4 is 29.1 Å². The summed E-state index contributed by atoms with van der Waals surface area (Å²) in [5.41, 5.74) is 6.49. The Kier molecular flexibility index (Phi) is 19.6. The number of likely N-dealkylation sites (N-methyl/N-ethyl adjacent to an activating group) is 1. The van der Waals surface area contributed by atoms with E-state index in [-0.39, 0.29) is 12.5 Å². The number of carbonyl (C=O) groups excluding carboxylic acids is 1. The molecular weight excluding hydrogens is 649 g/mol. The Morgan fingerprint density at radius 2 is 1.61 bits per heavy atom. The first kappa shape index (κ1) is 43.5. The van der Waals surface area contributed by atoms with Gasteiger partial charge in [0.1, 0.15) is 11.5 Å². The number of allylic oxidation sites excluding steroid dienone is 6. The van der Waals surface area contributed by atoms with E-state index in [9.17, 15) is 18.0 Å². The molecule has 10 heteroatoms. The summed E-state index contributed by atoms with van der Waals surface area (Å²) in [7, 11) is 2.04. The Morgan fingerprint density at radius 1 is 0.941 bits per heavy atom. The standard InChI is InChI=1S/C23H25N3O.C14H16F3N3.2C2H6/c1-4-21(22-10-5-6-13-26(22)3)17(2)19-8-7-9-20(15-19)25-23(27)14-18-11-12-24-16-18;1-4-18-11(3)20-13-7-5-6-12(8-13)9-19-10(2)14(15,16)17;2*1-2/h5-13,15-16,24H,2,4,14H2,1,3H3,(H,25,27);4-8,19-20H,2-3,9H2,1H3;2*1-2H3/b22-21-;18-4-;;. The van der Waals surface area contributed by atoms with Gasteiger partial charge in [-0.15, -0.1) is 0 Å². The average molecular weight is 703 g/mol. The number of anilines is 2. The second-order valence-corrected chi connectivity index (χ2v) is 10.5. The predicted octanol–water partition coefficient (Wildman–Crippen LogP) is 10.8. The van der Waals surface area contributed by atoms with E-state index < -0.39 is 11.9 Å². The molecule has 51 heavy (non-hydrogen) atoms. The van der Waals surface area contributed by atoms with Gasteiger partial charge in [-0.25, -0.2) is 4.99 Å². The van der Waals surface area contributed by atoms with Gasteiger partial charge >= 0.3 is 6.18 Å². The SMILES string of the molecule is C=C(/C(CC)=C1/C=CC=CN1C)c1cccc(NC(=O)Cc2cc[nH]c2)c1.C=C(/N=C\C)Nc1cccc(CNC(=C)C(F)(F)F)c1.CC.CC. The van der Waals surface area contributed by atoms with E-state index in [1.54, 1.807) is 37.4 Å². The van der Waals surface area contributed by atoms with E-state index in [1.807, 2.05) is 95.8 Å². The number of rotatable bonds is 12. The summed E-state index contributed by atoms with van der Waals surface area (Å²) in [6, 6.07) is 16.7. The van der Waals surface area contributed by atoms with Crippen LogP contribution in [0.5, 0.6) is 0 Å². The van der Waals surface area contributed by atoms with Crippen molar-refractivity contribution in [2.45, 2.75) is 67.1 Å². The number of aromatic nitrogens is 1. The van der Waals surface area contributed by atoms with Gasteiger partial charge in [-0.05, 0) is 83.7 Å². The van der Waals surface area contributed by atoms with Crippen LogP contribution in [0.2, 0.25) is 0 Å². The minimum absolute atomic E-state index is 0.0356. The number of nitrogens with zero attached hydrogens (tertiary/aromatic N) is 2. The minimum atomic E-state index is -4.43. The first-order chi connectivity index (χ1) is 24.4. The maximum Gasteiger partial charge on any atom is 0.430 e. The summed E-state index contributed by atoms with van der Waals surface area (Å²) < 4.78 is 36.9. The number of nitrogens with one attached hydrogen (secondary N) is 4. The van der Waals surface area contributed by atoms with Crippen LogP contribution >= 0.6 is 0 Å². The first-order valence-corrected chi connectivity index (χ1v) is 17.0. The molecule has 3 aromatic rings. The lowest BCUT2D eigenvalue weighted by atomic mass is 9.94. The Morgan fingerprint density at radius 3 is 2.20 bits per heavy atom. The molecule has 1 aliphatic heterocycles. The number of amides is 1. The van der Waals surface area contributed by atoms with Crippen LogP contribution in [-0.4, -0.2) is 35.2 Å². The van der Waals surface area contributed by atoms with Crippen molar-refractivity contribution in [1.82, 2.24) is 15.2 Å². The van der Waals surface area contributed by atoms with Crippen LogP contribution in [0.3, 0.4) is 0 Å². The third-order valence-electron chi connectivity index (χ3n) is 6.95. The van der Waals surface area contributed by atoms with Gasteiger partial charge in [-0.1, -0.05) is 84.7 Å². The zero-order valence-electron chi connectivity index (χ0n) is 30.9. The van der Waals surface area contributed by atoms with Crippen molar-refractivity contribution in [3.05, 3.63) is 151 Å². The zero-order valence-corrected chi connectivity index (χ0v) is 30.9. The summed E-state index contributed by atoms with van der Waals surface area (Å²) in [4.78, 5) is 21.3. The number of alkyl halides is 3. The molecule has 274 valence electrons. The van der Waals surface area contributed by atoms with E-state index in [0.717, 1.165) is 34.5 Å². The Bertz CT molecular complexity index is 1680. The monoisotopic (exact) mass is 702 g/mol. The van der Waals surface area contributed by atoms with Crippen LogP contribution < -0.4 is 16.0 Å². The average Bonchev–Trinajstić information content (AvgIpc) is 3.63. The predicted molar refractivity (Wildman–Crippen MR) is 210 cm³/mol. The van der Waals surface area contributed by atoms with Crippen LogP contribution in [-0.2, 0) is 17.8 Å². The van der Waals surface area contributed by atoms with Crippen LogP contribution in [0.15, 0.2) is 139 Å². The molecule has 0 fully saturated rings. The highest BCUT2D eigenvalue weighted by Crippen LogP contribution is 2.31. The highest BCUT2D eigenvalue weighted by Gasteiger charge is 2.31. The molecule has 0 aliphatic carbocycles. The zero-order chi connectivity index (χ0) is 38.4. The van der Waals surface area contributed by atoms with Crippen molar-refractivity contribution in [3.8, 4) is 0 Å². The van der Waals surface area contributed by atoms with Crippen molar-refractivity contribution < 1.29 is 18.0 Å². The van der Waals surface area contributed by atoms with E-state index in [0.29, 0.717) is 23.5 Å². The highest BCUT2D eigenvalue weighted by atomic mass is 19.4. The number of H-pyrrole nitrogens is 1. The van der Waals surface area contributed by atoms with Crippen molar-refractivity contribution in [2.75, 3.05) is 17.7 Å². The molecule has 1 aromatic heterocycles. The summed E-state index contributed by atoms with van der Waals surface area (Å²) in [6.45, 7) is 22.9. The molecule has 1 amide bonds. The highest BCUT2D eigenvalue weighted by molar-refractivity contribution is 5.93. The van der Waals surface area contributed by atoms with Gasteiger partial charge < -0.3 is 25.8 Å². The Hall–Kier alpha value is -5.51. The first-order valence-electron chi connectivity index (χ1n) is 17.0. The normalized spacial score (nSPS) is 12.6. The van der Waals surface area contributed by atoms with Crippen molar-refractivity contribution in [2.24, 2.45) is 4.99 Å². The van der Waals surface area contributed by atoms with Crippen LogP contribution in [0.1, 0.15) is 64.7 Å². The van der Waals surface area contributed by atoms with Crippen molar-refractivity contribution in [3.63, 3.8) is 0 Å². The van der Waals surface area contributed by atoms with Gasteiger partial charge in [0.25, 0.3) is 0 Å². The second kappa shape index (κ2) is 23.0. The quantitative estimate of drug-likeness (QED) is 0.142. The minimum Gasteiger partial charge on any atom is -0.377 e. The molecule has 7 nitrogen and oxygen atoms in total. The molecule has 2 aromatic carbocycles.